The van der Waals surface area contributed by atoms with Gasteiger partial charge in [-0.15, -0.1) is 0 Å². The van der Waals surface area contributed by atoms with Gasteiger partial charge in [0.05, 0.1) is 6.42 Å². The first kappa shape index (κ1) is 23.7. The fourth-order valence-electron chi connectivity index (χ4n) is 3.92. The molecule has 0 atom stereocenters. The van der Waals surface area contributed by atoms with E-state index in [0.717, 1.165) is 36.4 Å². The van der Waals surface area contributed by atoms with Crippen molar-refractivity contribution in [3.05, 3.63) is 126 Å². The van der Waals surface area contributed by atoms with Crippen LogP contribution in [0, 0.1) is 0 Å². The normalized spacial score (nSPS) is 10.7. The van der Waals surface area contributed by atoms with Crippen molar-refractivity contribution in [2.75, 3.05) is 18.0 Å². The summed E-state index contributed by atoms with van der Waals surface area (Å²) in [6.07, 6.45) is 2.05. The SMILES string of the molecule is O=C(O)Cc1ccc(Sc2cccc(N(CCc3ccccc3)CCc3ccccc3)c2)cc1. The second-order valence-electron chi connectivity index (χ2n) is 8.27. The highest BCUT2D eigenvalue weighted by atomic mass is 32.2. The van der Waals surface area contributed by atoms with Crippen LogP contribution in [-0.2, 0) is 24.1 Å². The fourth-order valence-corrected chi connectivity index (χ4v) is 4.79. The van der Waals surface area contributed by atoms with E-state index in [9.17, 15) is 4.79 Å². The van der Waals surface area contributed by atoms with E-state index in [4.69, 9.17) is 5.11 Å². The van der Waals surface area contributed by atoms with Crippen LogP contribution in [0.5, 0.6) is 0 Å². The molecule has 0 spiro atoms. The number of rotatable bonds is 11. The van der Waals surface area contributed by atoms with Gasteiger partial charge in [-0.25, -0.2) is 0 Å². The van der Waals surface area contributed by atoms with Crippen molar-refractivity contribution in [3.63, 3.8) is 0 Å². The molecule has 0 aromatic heterocycles. The summed E-state index contributed by atoms with van der Waals surface area (Å²) < 4.78 is 0. The van der Waals surface area contributed by atoms with Crippen LogP contribution < -0.4 is 4.90 Å². The van der Waals surface area contributed by atoms with E-state index >= 15 is 0 Å². The molecular formula is C30H29NO2S. The van der Waals surface area contributed by atoms with E-state index < -0.39 is 5.97 Å². The molecule has 1 N–H and O–H groups in total. The second-order valence-corrected chi connectivity index (χ2v) is 9.42. The quantitative estimate of drug-likeness (QED) is 0.265. The van der Waals surface area contributed by atoms with Crippen molar-refractivity contribution in [2.24, 2.45) is 0 Å². The van der Waals surface area contributed by atoms with Crippen LogP contribution in [0.15, 0.2) is 119 Å². The van der Waals surface area contributed by atoms with E-state index in [-0.39, 0.29) is 6.42 Å². The van der Waals surface area contributed by atoms with Crippen LogP contribution in [0.25, 0.3) is 0 Å². The Kier molecular flexibility index (Phi) is 8.42. The number of carboxylic acid groups (broad SMARTS) is 1. The molecule has 0 fully saturated rings. The topological polar surface area (TPSA) is 40.5 Å². The zero-order valence-electron chi connectivity index (χ0n) is 19.1. The van der Waals surface area contributed by atoms with Gasteiger partial charge in [-0.05, 0) is 59.9 Å². The van der Waals surface area contributed by atoms with Gasteiger partial charge in [-0.1, -0.05) is 90.6 Å². The molecule has 172 valence electrons. The fraction of sp³-hybridized carbons (Fsp3) is 0.167. The predicted octanol–water partition coefficient (Wildman–Crippen LogP) is 6.76. The third-order valence-electron chi connectivity index (χ3n) is 5.72. The molecule has 4 rings (SSSR count). The molecule has 4 heteroatoms. The maximum atomic E-state index is 10.9. The lowest BCUT2D eigenvalue weighted by molar-refractivity contribution is -0.136. The summed E-state index contributed by atoms with van der Waals surface area (Å²) in [6, 6.07) is 37.8. The highest BCUT2D eigenvalue weighted by Crippen LogP contribution is 2.31. The van der Waals surface area contributed by atoms with Crippen LogP contribution in [0.4, 0.5) is 5.69 Å². The van der Waals surface area contributed by atoms with Crippen LogP contribution in [0.2, 0.25) is 0 Å². The molecular weight excluding hydrogens is 438 g/mol. The van der Waals surface area contributed by atoms with Gasteiger partial charge in [-0.3, -0.25) is 4.79 Å². The van der Waals surface area contributed by atoms with Crippen molar-refractivity contribution in [1.82, 2.24) is 0 Å². The van der Waals surface area contributed by atoms with Gasteiger partial charge in [-0.2, -0.15) is 0 Å². The predicted molar refractivity (Wildman–Crippen MR) is 141 cm³/mol. The minimum Gasteiger partial charge on any atom is -0.481 e. The lowest BCUT2D eigenvalue weighted by Crippen LogP contribution is -2.28. The molecule has 0 saturated heterocycles. The maximum absolute atomic E-state index is 10.9. The average Bonchev–Trinajstić information content (AvgIpc) is 2.86. The average molecular weight is 468 g/mol. The number of aliphatic carboxylic acids is 1. The van der Waals surface area contributed by atoms with E-state index in [2.05, 4.69) is 89.8 Å². The Morgan fingerprint density at radius 2 is 1.24 bits per heavy atom. The van der Waals surface area contributed by atoms with Crippen molar-refractivity contribution in [3.8, 4) is 0 Å². The number of carbonyl (C=O) groups is 1. The highest BCUT2D eigenvalue weighted by Gasteiger charge is 2.09. The highest BCUT2D eigenvalue weighted by molar-refractivity contribution is 7.99. The zero-order valence-corrected chi connectivity index (χ0v) is 20.0. The lowest BCUT2D eigenvalue weighted by atomic mass is 10.1. The Balaban J connectivity index is 1.48. The van der Waals surface area contributed by atoms with Crippen LogP contribution >= 0.6 is 11.8 Å². The number of benzene rings is 4. The van der Waals surface area contributed by atoms with Crippen LogP contribution in [-0.4, -0.2) is 24.2 Å². The van der Waals surface area contributed by atoms with Crippen molar-refractivity contribution in [1.29, 1.82) is 0 Å². The van der Waals surface area contributed by atoms with Crippen LogP contribution in [0.3, 0.4) is 0 Å². The number of hydrogen-bond acceptors (Lipinski definition) is 3. The van der Waals surface area contributed by atoms with Gasteiger partial charge in [0.15, 0.2) is 0 Å². The Morgan fingerprint density at radius 3 is 1.79 bits per heavy atom. The van der Waals surface area contributed by atoms with Crippen molar-refractivity contribution < 1.29 is 9.90 Å². The minimum atomic E-state index is -0.806. The number of carboxylic acids is 1. The number of hydrogen-bond donors (Lipinski definition) is 1. The molecule has 0 heterocycles. The Bertz CT molecular complexity index is 1130. The molecule has 0 radical (unpaired) electrons. The molecule has 0 unspecified atom stereocenters. The number of anilines is 1. The molecule has 0 saturated carbocycles. The molecule has 4 aromatic carbocycles. The molecule has 0 aliphatic carbocycles. The van der Waals surface area contributed by atoms with E-state index in [1.165, 1.54) is 21.7 Å². The van der Waals surface area contributed by atoms with Crippen molar-refractivity contribution >= 4 is 23.4 Å². The standard InChI is InChI=1S/C30H29NO2S/c32-30(33)22-26-14-16-28(17-15-26)34-29-13-7-12-27(23-29)31(20-18-24-8-3-1-4-9-24)21-19-25-10-5-2-6-11-25/h1-17,23H,18-22H2,(H,32,33). The first-order valence-corrected chi connectivity index (χ1v) is 12.4. The summed E-state index contributed by atoms with van der Waals surface area (Å²) >= 11 is 1.70. The summed E-state index contributed by atoms with van der Waals surface area (Å²) in [5, 5.41) is 8.98. The molecule has 34 heavy (non-hydrogen) atoms. The molecule has 0 aliphatic heterocycles. The van der Waals surface area contributed by atoms with Gasteiger partial charge in [0.25, 0.3) is 0 Å². The molecule has 0 bridgehead atoms. The largest absolute Gasteiger partial charge is 0.481 e. The molecule has 0 amide bonds. The number of nitrogens with zero attached hydrogens (tertiary/aromatic N) is 1. The summed E-state index contributed by atoms with van der Waals surface area (Å²) in [5.74, 6) is -0.806. The van der Waals surface area contributed by atoms with Gasteiger partial charge in [0, 0.05) is 28.6 Å². The van der Waals surface area contributed by atoms with E-state index in [1.54, 1.807) is 11.8 Å². The summed E-state index contributed by atoms with van der Waals surface area (Å²) in [7, 11) is 0. The Hall–Kier alpha value is -3.50. The summed E-state index contributed by atoms with van der Waals surface area (Å²) in [6.45, 7) is 1.91. The first-order valence-electron chi connectivity index (χ1n) is 11.6. The van der Waals surface area contributed by atoms with E-state index in [0.29, 0.717) is 0 Å². The van der Waals surface area contributed by atoms with Gasteiger partial charge in [0.1, 0.15) is 0 Å². The third kappa shape index (κ3) is 7.26. The lowest BCUT2D eigenvalue weighted by Gasteiger charge is -2.26. The smallest absolute Gasteiger partial charge is 0.307 e. The second kappa shape index (κ2) is 12.1. The summed E-state index contributed by atoms with van der Waals surface area (Å²) in [4.78, 5) is 15.7. The molecule has 3 nitrogen and oxygen atoms in total. The van der Waals surface area contributed by atoms with Gasteiger partial charge >= 0.3 is 5.97 Å². The maximum Gasteiger partial charge on any atom is 0.307 e. The molecule has 0 aliphatic rings. The summed E-state index contributed by atoms with van der Waals surface area (Å²) in [5.41, 5.74) is 4.73. The molecule has 4 aromatic rings. The van der Waals surface area contributed by atoms with Gasteiger partial charge in [0.2, 0.25) is 0 Å². The van der Waals surface area contributed by atoms with E-state index in [1.807, 2.05) is 24.3 Å². The van der Waals surface area contributed by atoms with Crippen molar-refractivity contribution in [2.45, 2.75) is 29.1 Å². The third-order valence-corrected chi connectivity index (χ3v) is 6.72. The minimum absolute atomic E-state index is 0.0538. The Labute approximate surface area is 206 Å². The zero-order chi connectivity index (χ0) is 23.6. The monoisotopic (exact) mass is 467 g/mol. The Morgan fingerprint density at radius 1 is 0.647 bits per heavy atom. The van der Waals surface area contributed by atoms with Crippen LogP contribution in [0.1, 0.15) is 16.7 Å². The van der Waals surface area contributed by atoms with Gasteiger partial charge < -0.3 is 10.0 Å². The first-order chi connectivity index (χ1) is 16.7.